The number of benzene rings is 4. The smallest absolute Gasteiger partial charge is 0.272 e. The van der Waals surface area contributed by atoms with Gasteiger partial charge in [0.05, 0.1) is 23.0 Å². The fourth-order valence-electron chi connectivity index (χ4n) is 3.83. The van der Waals surface area contributed by atoms with E-state index in [1.165, 1.54) is 12.3 Å². The summed E-state index contributed by atoms with van der Waals surface area (Å²) in [6.45, 7) is 0.0785. The highest BCUT2D eigenvalue weighted by Crippen LogP contribution is 2.25. The predicted octanol–water partition coefficient (Wildman–Crippen LogP) is 6.38. The standard InChI is InChI=1S/C30H22FN3O2/c31-26-15-7-4-13-23(26)20-36-29-17-9-5-12-22(29)19-32-34-30(35)25-18-28(21-10-2-1-3-11-21)33-27-16-8-6-14-24(25)27/h1-19H,20H2,(H,34,35)/b32-19+. The van der Waals surface area contributed by atoms with Crippen LogP contribution in [-0.4, -0.2) is 17.1 Å². The molecule has 36 heavy (non-hydrogen) atoms. The summed E-state index contributed by atoms with van der Waals surface area (Å²) in [5.41, 5.74) is 6.54. The Morgan fingerprint density at radius 2 is 1.61 bits per heavy atom. The van der Waals surface area contributed by atoms with Gasteiger partial charge in [-0.25, -0.2) is 14.8 Å². The molecule has 0 bridgehead atoms. The molecule has 5 nitrogen and oxygen atoms in total. The highest BCUT2D eigenvalue weighted by molar-refractivity contribution is 6.07. The van der Waals surface area contributed by atoms with Crippen molar-refractivity contribution in [3.05, 3.63) is 132 Å². The number of carbonyl (C=O) groups is 1. The molecule has 1 heterocycles. The van der Waals surface area contributed by atoms with E-state index in [1.807, 2.05) is 72.8 Å². The molecule has 5 rings (SSSR count). The maximum absolute atomic E-state index is 13.9. The lowest BCUT2D eigenvalue weighted by molar-refractivity contribution is 0.0956. The second kappa shape index (κ2) is 10.6. The van der Waals surface area contributed by atoms with Crippen LogP contribution in [0.5, 0.6) is 5.75 Å². The van der Waals surface area contributed by atoms with E-state index in [1.54, 1.807) is 30.3 Å². The maximum atomic E-state index is 13.9. The summed E-state index contributed by atoms with van der Waals surface area (Å²) in [6.07, 6.45) is 1.51. The van der Waals surface area contributed by atoms with Gasteiger partial charge < -0.3 is 4.74 Å². The van der Waals surface area contributed by atoms with Crippen molar-refractivity contribution in [3.8, 4) is 17.0 Å². The molecule has 0 atom stereocenters. The first kappa shape index (κ1) is 22.9. The minimum absolute atomic E-state index is 0.0785. The van der Waals surface area contributed by atoms with Crippen molar-refractivity contribution in [3.63, 3.8) is 0 Å². The van der Waals surface area contributed by atoms with E-state index >= 15 is 0 Å². The van der Waals surface area contributed by atoms with Gasteiger partial charge in [-0.2, -0.15) is 5.10 Å². The molecule has 0 aliphatic carbocycles. The molecular weight excluding hydrogens is 453 g/mol. The van der Waals surface area contributed by atoms with Gasteiger partial charge >= 0.3 is 0 Å². The summed E-state index contributed by atoms with van der Waals surface area (Å²) in [4.78, 5) is 17.9. The fourth-order valence-corrected chi connectivity index (χ4v) is 3.83. The molecule has 1 amide bonds. The number of aromatic nitrogens is 1. The average molecular weight is 476 g/mol. The van der Waals surface area contributed by atoms with E-state index in [2.05, 4.69) is 10.5 Å². The number of para-hydroxylation sites is 2. The van der Waals surface area contributed by atoms with Gasteiger partial charge in [0, 0.05) is 22.1 Å². The van der Waals surface area contributed by atoms with Crippen LogP contribution >= 0.6 is 0 Å². The second-order valence-corrected chi connectivity index (χ2v) is 8.06. The lowest BCUT2D eigenvalue weighted by atomic mass is 10.0. The Balaban J connectivity index is 1.36. The van der Waals surface area contributed by atoms with E-state index < -0.39 is 0 Å². The van der Waals surface area contributed by atoms with Crippen molar-refractivity contribution in [2.45, 2.75) is 6.61 Å². The molecule has 0 radical (unpaired) electrons. The Kier molecular flexibility index (Phi) is 6.76. The maximum Gasteiger partial charge on any atom is 0.272 e. The highest BCUT2D eigenvalue weighted by atomic mass is 19.1. The molecule has 1 aromatic heterocycles. The molecule has 0 unspecified atom stereocenters. The van der Waals surface area contributed by atoms with Gasteiger partial charge in [-0.05, 0) is 30.3 Å². The number of hydrogen-bond donors (Lipinski definition) is 1. The van der Waals surface area contributed by atoms with Crippen molar-refractivity contribution in [2.75, 3.05) is 0 Å². The van der Waals surface area contributed by atoms with Crippen LogP contribution in [0.25, 0.3) is 22.2 Å². The first-order valence-electron chi connectivity index (χ1n) is 11.4. The number of nitrogens with one attached hydrogen (secondary N) is 1. The monoisotopic (exact) mass is 475 g/mol. The molecule has 0 saturated carbocycles. The molecule has 0 fully saturated rings. The first-order valence-corrected chi connectivity index (χ1v) is 11.4. The third kappa shape index (κ3) is 5.13. The number of pyridine rings is 1. The van der Waals surface area contributed by atoms with Crippen molar-refractivity contribution in [1.82, 2.24) is 10.4 Å². The van der Waals surface area contributed by atoms with Crippen LogP contribution in [0.3, 0.4) is 0 Å². The Morgan fingerprint density at radius 1 is 0.889 bits per heavy atom. The Hall–Kier alpha value is -4.84. The van der Waals surface area contributed by atoms with Crippen molar-refractivity contribution >= 4 is 23.0 Å². The minimum Gasteiger partial charge on any atom is -0.488 e. The number of amides is 1. The minimum atomic E-state index is -0.355. The van der Waals surface area contributed by atoms with Crippen molar-refractivity contribution < 1.29 is 13.9 Å². The number of nitrogens with zero attached hydrogens (tertiary/aromatic N) is 2. The van der Waals surface area contributed by atoms with Crippen LogP contribution in [-0.2, 0) is 6.61 Å². The summed E-state index contributed by atoms with van der Waals surface area (Å²) >= 11 is 0. The van der Waals surface area contributed by atoms with E-state index in [0.717, 1.165) is 16.5 Å². The second-order valence-electron chi connectivity index (χ2n) is 8.06. The van der Waals surface area contributed by atoms with Crippen molar-refractivity contribution in [2.24, 2.45) is 5.10 Å². The Bertz CT molecular complexity index is 1550. The van der Waals surface area contributed by atoms with Gasteiger partial charge in [0.1, 0.15) is 18.2 Å². The predicted molar refractivity (Wildman–Crippen MR) is 139 cm³/mol. The molecule has 0 spiro atoms. The summed E-state index contributed by atoms with van der Waals surface area (Å²) in [6, 6.07) is 32.7. The van der Waals surface area contributed by atoms with E-state index in [-0.39, 0.29) is 18.3 Å². The molecular formula is C30H22FN3O2. The molecule has 0 saturated heterocycles. The van der Waals surface area contributed by atoms with Gasteiger partial charge in [-0.1, -0.05) is 78.9 Å². The average Bonchev–Trinajstić information content (AvgIpc) is 2.93. The van der Waals surface area contributed by atoms with Crippen molar-refractivity contribution in [1.29, 1.82) is 0 Å². The van der Waals surface area contributed by atoms with Crippen LogP contribution in [0.2, 0.25) is 0 Å². The third-order valence-corrected chi connectivity index (χ3v) is 5.66. The molecule has 4 aromatic carbocycles. The lowest BCUT2D eigenvalue weighted by Crippen LogP contribution is -2.18. The van der Waals surface area contributed by atoms with Crippen LogP contribution < -0.4 is 10.2 Å². The van der Waals surface area contributed by atoms with Gasteiger partial charge in [-0.15, -0.1) is 0 Å². The lowest BCUT2D eigenvalue weighted by Gasteiger charge is -2.10. The zero-order chi connectivity index (χ0) is 24.7. The normalized spacial score (nSPS) is 11.0. The van der Waals surface area contributed by atoms with Gasteiger partial charge in [0.15, 0.2) is 0 Å². The number of fused-ring (bicyclic) bond motifs is 1. The zero-order valence-corrected chi connectivity index (χ0v) is 19.3. The molecule has 0 aliphatic heterocycles. The van der Waals surface area contributed by atoms with E-state index in [4.69, 9.17) is 9.72 Å². The largest absolute Gasteiger partial charge is 0.488 e. The number of hydrogen-bond acceptors (Lipinski definition) is 4. The molecule has 5 aromatic rings. The van der Waals surface area contributed by atoms with Crippen LogP contribution in [0.15, 0.2) is 114 Å². The molecule has 6 heteroatoms. The molecule has 1 N–H and O–H groups in total. The van der Waals surface area contributed by atoms with Crippen LogP contribution in [0.1, 0.15) is 21.5 Å². The van der Waals surface area contributed by atoms with E-state index in [9.17, 15) is 9.18 Å². The number of hydrazone groups is 1. The summed E-state index contributed by atoms with van der Waals surface area (Å²) in [5.74, 6) is -0.151. The number of rotatable bonds is 7. The topological polar surface area (TPSA) is 63.6 Å². The fraction of sp³-hybridized carbons (Fsp3) is 0.0333. The number of carbonyl (C=O) groups excluding carboxylic acids is 1. The first-order chi connectivity index (χ1) is 17.7. The summed E-state index contributed by atoms with van der Waals surface area (Å²) in [5, 5.41) is 4.90. The van der Waals surface area contributed by atoms with Gasteiger partial charge in [0.2, 0.25) is 0 Å². The third-order valence-electron chi connectivity index (χ3n) is 5.66. The highest BCUT2D eigenvalue weighted by Gasteiger charge is 2.13. The van der Waals surface area contributed by atoms with Crippen LogP contribution in [0.4, 0.5) is 4.39 Å². The number of ether oxygens (including phenoxy) is 1. The number of halogens is 1. The Labute approximate surface area is 207 Å². The SMILES string of the molecule is O=C(N/N=C/c1ccccc1OCc1ccccc1F)c1cc(-c2ccccc2)nc2ccccc12. The molecule has 176 valence electrons. The summed E-state index contributed by atoms with van der Waals surface area (Å²) < 4.78 is 19.8. The van der Waals surface area contributed by atoms with E-state index in [0.29, 0.717) is 28.1 Å². The Morgan fingerprint density at radius 3 is 2.47 bits per heavy atom. The van der Waals surface area contributed by atoms with Gasteiger partial charge in [0.25, 0.3) is 5.91 Å². The quantitative estimate of drug-likeness (QED) is 0.219. The van der Waals surface area contributed by atoms with Crippen LogP contribution in [0, 0.1) is 5.82 Å². The zero-order valence-electron chi connectivity index (χ0n) is 19.3. The van der Waals surface area contributed by atoms with Gasteiger partial charge in [-0.3, -0.25) is 4.79 Å². The molecule has 0 aliphatic rings. The summed E-state index contributed by atoms with van der Waals surface area (Å²) in [7, 11) is 0.